The minimum absolute atomic E-state index is 0.0490. The van der Waals surface area contributed by atoms with Gasteiger partial charge in [-0.25, -0.2) is 9.69 Å². The van der Waals surface area contributed by atoms with E-state index in [-0.39, 0.29) is 30.9 Å². The van der Waals surface area contributed by atoms with Gasteiger partial charge >= 0.3 is 5.97 Å². The molecule has 2 aromatic rings. The highest BCUT2D eigenvalue weighted by Gasteiger charge is 2.46. The molecule has 2 aromatic carbocycles. The van der Waals surface area contributed by atoms with Crippen LogP contribution in [0.4, 0.5) is 5.69 Å². The van der Waals surface area contributed by atoms with Gasteiger partial charge in [-0.3, -0.25) is 14.4 Å². The third-order valence-electron chi connectivity index (χ3n) is 6.60. The Bertz CT molecular complexity index is 1070. The topological polar surface area (TPSA) is 84.0 Å². The maximum absolute atomic E-state index is 13.6. The molecule has 3 amide bonds. The van der Waals surface area contributed by atoms with E-state index in [1.165, 1.54) is 12.1 Å². The zero-order chi connectivity index (χ0) is 24.2. The number of carbonyl (C=O) groups excluding carboxylic acids is 4. The Labute approximate surface area is 199 Å². The number of hydrogen-bond donors (Lipinski definition) is 0. The van der Waals surface area contributed by atoms with Crippen molar-refractivity contribution in [3.63, 3.8) is 0 Å². The second kappa shape index (κ2) is 10.2. The molecule has 1 saturated heterocycles. The average Bonchev–Trinajstić information content (AvgIpc) is 3.14. The highest BCUT2D eigenvalue weighted by atomic mass is 16.5. The fraction of sp³-hybridized carbons (Fsp3) is 0.407. The lowest BCUT2D eigenvalue weighted by Crippen LogP contribution is -2.51. The molecule has 0 N–H and O–H groups in total. The normalized spacial score (nSPS) is 18.8. The molecule has 2 fully saturated rings. The van der Waals surface area contributed by atoms with Crippen molar-refractivity contribution in [2.75, 3.05) is 11.5 Å². The molecule has 1 aliphatic heterocycles. The van der Waals surface area contributed by atoms with Crippen molar-refractivity contribution >= 4 is 29.4 Å². The van der Waals surface area contributed by atoms with Gasteiger partial charge in [0.15, 0.2) is 0 Å². The van der Waals surface area contributed by atoms with E-state index in [4.69, 9.17) is 4.74 Å². The molecule has 0 radical (unpaired) electrons. The van der Waals surface area contributed by atoms with E-state index in [9.17, 15) is 19.2 Å². The lowest BCUT2D eigenvalue weighted by molar-refractivity contribution is -0.123. The van der Waals surface area contributed by atoms with Crippen molar-refractivity contribution in [1.82, 2.24) is 4.90 Å². The molecule has 2 aliphatic rings. The summed E-state index contributed by atoms with van der Waals surface area (Å²) in [6.07, 6.45) is 4.70. The van der Waals surface area contributed by atoms with Crippen LogP contribution in [0.25, 0.3) is 0 Å². The van der Waals surface area contributed by atoms with Crippen LogP contribution in [0.2, 0.25) is 0 Å². The van der Waals surface area contributed by atoms with Crippen LogP contribution < -0.4 is 4.90 Å². The van der Waals surface area contributed by atoms with Gasteiger partial charge in [0.1, 0.15) is 6.04 Å². The summed E-state index contributed by atoms with van der Waals surface area (Å²) in [5, 5.41) is 0. The van der Waals surface area contributed by atoms with Gasteiger partial charge in [0.05, 0.1) is 24.3 Å². The first-order chi connectivity index (χ1) is 16.4. The third kappa shape index (κ3) is 4.74. The molecule has 7 nitrogen and oxygen atoms in total. The Morgan fingerprint density at radius 1 is 0.941 bits per heavy atom. The van der Waals surface area contributed by atoms with Gasteiger partial charge in [0.2, 0.25) is 5.91 Å². The average molecular weight is 463 g/mol. The molecule has 1 aliphatic carbocycles. The Hall–Kier alpha value is -3.48. The van der Waals surface area contributed by atoms with Gasteiger partial charge in [-0.1, -0.05) is 37.0 Å². The van der Waals surface area contributed by atoms with Crippen LogP contribution >= 0.6 is 0 Å². The van der Waals surface area contributed by atoms with Crippen molar-refractivity contribution in [1.29, 1.82) is 0 Å². The van der Waals surface area contributed by atoms with Crippen LogP contribution in [-0.4, -0.2) is 47.3 Å². The molecule has 178 valence electrons. The largest absolute Gasteiger partial charge is 0.462 e. The van der Waals surface area contributed by atoms with E-state index < -0.39 is 17.9 Å². The molecule has 1 saturated carbocycles. The summed E-state index contributed by atoms with van der Waals surface area (Å²) in [5.41, 5.74) is 2.30. The summed E-state index contributed by atoms with van der Waals surface area (Å²) in [6.45, 7) is 3.94. The Kier molecular flexibility index (Phi) is 7.10. The molecular weight excluding hydrogens is 432 g/mol. The Morgan fingerprint density at radius 2 is 1.56 bits per heavy atom. The number of aryl methyl sites for hydroxylation is 1. The van der Waals surface area contributed by atoms with Crippen LogP contribution in [0.15, 0.2) is 48.5 Å². The van der Waals surface area contributed by atoms with Gasteiger partial charge in [-0.15, -0.1) is 0 Å². The molecule has 7 heteroatoms. The number of anilines is 1. The summed E-state index contributed by atoms with van der Waals surface area (Å²) >= 11 is 0. The predicted molar refractivity (Wildman–Crippen MR) is 128 cm³/mol. The molecule has 1 atom stereocenters. The number of amides is 3. The van der Waals surface area contributed by atoms with E-state index in [1.807, 2.05) is 19.1 Å². The number of hydrogen-bond acceptors (Lipinski definition) is 5. The molecular formula is C27H30N2O5. The number of imide groups is 1. The smallest absolute Gasteiger partial charge is 0.338 e. The fourth-order valence-corrected chi connectivity index (χ4v) is 4.83. The van der Waals surface area contributed by atoms with Crippen LogP contribution in [-0.2, 0) is 14.3 Å². The summed E-state index contributed by atoms with van der Waals surface area (Å²) in [5.74, 6) is -1.42. The standard InChI is InChI=1S/C27H30N2O5/c1-3-34-27(33)20-13-15-22(16-14-20)29-24(30)17-23(26(29)32)28(21-7-5-4-6-8-21)25(31)19-11-9-18(2)10-12-19/h9-16,21,23H,3-8,17H2,1-2H3. The molecule has 0 aromatic heterocycles. The van der Waals surface area contributed by atoms with Gasteiger partial charge < -0.3 is 9.64 Å². The molecule has 0 bridgehead atoms. The van der Waals surface area contributed by atoms with E-state index in [0.29, 0.717) is 16.8 Å². The zero-order valence-corrected chi connectivity index (χ0v) is 19.7. The molecule has 34 heavy (non-hydrogen) atoms. The lowest BCUT2D eigenvalue weighted by Gasteiger charge is -2.37. The van der Waals surface area contributed by atoms with E-state index >= 15 is 0 Å². The highest BCUT2D eigenvalue weighted by molar-refractivity contribution is 6.23. The molecule has 0 spiro atoms. The van der Waals surface area contributed by atoms with Crippen LogP contribution in [0, 0.1) is 6.92 Å². The summed E-state index contributed by atoms with van der Waals surface area (Å²) < 4.78 is 5.00. The molecule has 1 unspecified atom stereocenters. The number of rotatable bonds is 6. The van der Waals surface area contributed by atoms with Gasteiger partial charge in [0, 0.05) is 11.6 Å². The molecule has 1 heterocycles. The van der Waals surface area contributed by atoms with Crippen molar-refractivity contribution in [2.24, 2.45) is 0 Å². The summed E-state index contributed by atoms with van der Waals surface area (Å²) in [6, 6.07) is 12.6. The van der Waals surface area contributed by atoms with E-state index in [2.05, 4.69) is 0 Å². The number of esters is 1. The zero-order valence-electron chi connectivity index (χ0n) is 19.7. The first kappa shape index (κ1) is 23.7. The number of benzene rings is 2. The van der Waals surface area contributed by atoms with Crippen LogP contribution in [0.3, 0.4) is 0 Å². The van der Waals surface area contributed by atoms with Gasteiger partial charge in [0.25, 0.3) is 11.8 Å². The third-order valence-corrected chi connectivity index (χ3v) is 6.60. The van der Waals surface area contributed by atoms with Crippen molar-refractivity contribution < 1.29 is 23.9 Å². The second-order valence-corrected chi connectivity index (χ2v) is 8.92. The second-order valence-electron chi connectivity index (χ2n) is 8.92. The lowest BCUT2D eigenvalue weighted by atomic mass is 9.92. The van der Waals surface area contributed by atoms with Crippen molar-refractivity contribution in [2.45, 2.75) is 64.5 Å². The van der Waals surface area contributed by atoms with Gasteiger partial charge in [-0.05, 0) is 63.1 Å². The Balaban J connectivity index is 1.62. The minimum atomic E-state index is -0.839. The minimum Gasteiger partial charge on any atom is -0.462 e. The van der Waals surface area contributed by atoms with E-state index in [1.54, 1.807) is 36.1 Å². The Morgan fingerprint density at radius 3 is 2.18 bits per heavy atom. The van der Waals surface area contributed by atoms with Crippen molar-refractivity contribution in [3.8, 4) is 0 Å². The molecule has 4 rings (SSSR count). The SMILES string of the molecule is CCOC(=O)c1ccc(N2C(=O)CC(N(C(=O)c3ccc(C)cc3)C3CCCCC3)C2=O)cc1. The predicted octanol–water partition coefficient (Wildman–Crippen LogP) is 4.28. The number of carbonyl (C=O) groups is 4. The first-order valence-electron chi connectivity index (χ1n) is 11.9. The summed E-state index contributed by atoms with van der Waals surface area (Å²) in [7, 11) is 0. The maximum atomic E-state index is 13.6. The van der Waals surface area contributed by atoms with Crippen LogP contribution in [0.5, 0.6) is 0 Å². The highest BCUT2D eigenvalue weighted by Crippen LogP contribution is 2.32. The van der Waals surface area contributed by atoms with E-state index in [0.717, 1.165) is 42.6 Å². The fourth-order valence-electron chi connectivity index (χ4n) is 4.83. The quantitative estimate of drug-likeness (QED) is 0.473. The van der Waals surface area contributed by atoms with Crippen LogP contribution in [0.1, 0.15) is 71.7 Å². The monoisotopic (exact) mass is 462 g/mol. The number of ether oxygens (including phenoxy) is 1. The van der Waals surface area contributed by atoms with Crippen molar-refractivity contribution in [3.05, 3.63) is 65.2 Å². The van der Waals surface area contributed by atoms with Gasteiger partial charge in [-0.2, -0.15) is 0 Å². The number of nitrogens with zero attached hydrogens (tertiary/aromatic N) is 2. The first-order valence-corrected chi connectivity index (χ1v) is 11.9. The maximum Gasteiger partial charge on any atom is 0.338 e. The summed E-state index contributed by atoms with van der Waals surface area (Å²) in [4.78, 5) is 54.9.